The number of ketones is 1. The normalized spacial score (nSPS) is 12.4. The topological polar surface area (TPSA) is 60.9 Å². The van der Waals surface area contributed by atoms with E-state index in [0.717, 1.165) is 0 Å². The molecule has 1 heterocycles. The Bertz CT molecular complexity index is 610. The molecule has 19 heavy (non-hydrogen) atoms. The van der Waals surface area contributed by atoms with Crippen molar-refractivity contribution in [2.45, 2.75) is 12.5 Å². The molecule has 0 aliphatic carbocycles. The Morgan fingerprint density at radius 3 is 2.84 bits per heavy atom. The number of hydrogen-bond donors (Lipinski definition) is 1. The molecule has 100 valence electrons. The van der Waals surface area contributed by atoms with Gasteiger partial charge in [-0.25, -0.2) is 0 Å². The van der Waals surface area contributed by atoms with E-state index in [0.29, 0.717) is 21.2 Å². The molecule has 6 heteroatoms. The molecular formula is C13H13Cl2N3O. The Hall–Kier alpha value is -1.36. The van der Waals surface area contributed by atoms with Crippen molar-refractivity contribution in [2.24, 2.45) is 12.8 Å². The monoisotopic (exact) mass is 297 g/mol. The maximum Gasteiger partial charge on any atom is 0.158 e. The Kier molecular flexibility index (Phi) is 4.24. The number of aryl methyl sites for hydroxylation is 1. The minimum absolute atomic E-state index is 0.128. The van der Waals surface area contributed by atoms with Crippen LogP contribution in [-0.2, 0) is 18.3 Å². The lowest BCUT2D eigenvalue weighted by Gasteiger charge is -2.09. The van der Waals surface area contributed by atoms with Gasteiger partial charge in [-0.3, -0.25) is 9.48 Å². The first-order valence-electron chi connectivity index (χ1n) is 5.68. The zero-order chi connectivity index (χ0) is 14.0. The maximum atomic E-state index is 12.1. The number of carbonyl (C=O) groups excluding carboxylic acids is 1. The van der Waals surface area contributed by atoms with E-state index in [1.807, 2.05) is 0 Å². The predicted molar refractivity (Wildman–Crippen MR) is 75.3 cm³/mol. The number of aromatic nitrogens is 2. The summed E-state index contributed by atoms with van der Waals surface area (Å²) < 4.78 is 1.61. The average Bonchev–Trinajstić information content (AvgIpc) is 2.79. The molecule has 1 unspecified atom stereocenters. The van der Waals surface area contributed by atoms with Crippen molar-refractivity contribution in [3.63, 3.8) is 0 Å². The second-order valence-corrected chi connectivity index (χ2v) is 5.15. The van der Waals surface area contributed by atoms with Crippen molar-refractivity contribution in [3.05, 3.63) is 51.8 Å². The molecule has 0 radical (unpaired) electrons. The number of rotatable bonds is 4. The van der Waals surface area contributed by atoms with E-state index in [1.54, 1.807) is 42.3 Å². The summed E-state index contributed by atoms with van der Waals surface area (Å²) in [7, 11) is 1.77. The highest BCUT2D eigenvalue weighted by Gasteiger charge is 2.18. The van der Waals surface area contributed by atoms with E-state index in [2.05, 4.69) is 5.10 Å². The summed E-state index contributed by atoms with van der Waals surface area (Å²) >= 11 is 11.9. The Labute approximate surface area is 121 Å². The van der Waals surface area contributed by atoms with E-state index in [4.69, 9.17) is 28.9 Å². The maximum absolute atomic E-state index is 12.1. The van der Waals surface area contributed by atoms with Gasteiger partial charge in [0.2, 0.25) is 0 Å². The molecule has 1 aromatic heterocycles. The van der Waals surface area contributed by atoms with Crippen LogP contribution in [0.1, 0.15) is 17.2 Å². The van der Waals surface area contributed by atoms with Gasteiger partial charge in [0.1, 0.15) is 0 Å². The molecule has 0 spiro atoms. The van der Waals surface area contributed by atoms with Crippen LogP contribution < -0.4 is 5.73 Å². The van der Waals surface area contributed by atoms with Crippen molar-refractivity contribution >= 4 is 29.0 Å². The summed E-state index contributed by atoms with van der Waals surface area (Å²) in [5.41, 5.74) is 7.27. The first kappa shape index (κ1) is 14.1. The second-order valence-electron chi connectivity index (χ2n) is 4.30. The molecule has 2 rings (SSSR count). The van der Waals surface area contributed by atoms with Gasteiger partial charge in [-0.2, -0.15) is 5.10 Å². The van der Waals surface area contributed by atoms with Crippen molar-refractivity contribution in [1.82, 2.24) is 9.78 Å². The number of nitrogens with two attached hydrogens (primary N) is 1. The summed E-state index contributed by atoms with van der Waals surface area (Å²) in [6.45, 7) is 0. The van der Waals surface area contributed by atoms with E-state index in [-0.39, 0.29) is 12.2 Å². The van der Waals surface area contributed by atoms with Gasteiger partial charge in [0.15, 0.2) is 5.78 Å². The molecule has 4 nitrogen and oxygen atoms in total. The fraction of sp³-hybridized carbons (Fsp3) is 0.231. The van der Waals surface area contributed by atoms with Crippen molar-refractivity contribution in [1.29, 1.82) is 0 Å². The van der Waals surface area contributed by atoms with Crippen LogP contribution in [0, 0.1) is 0 Å². The molecule has 1 atom stereocenters. The summed E-state index contributed by atoms with van der Waals surface area (Å²) in [6.07, 6.45) is 3.46. The van der Waals surface area contributed by atoms with Gasteiger partial charge in [-0.05, 0) is 23.8 Å². The fourth-order valence-corrected chi connectivity index (χ4v) is 2.14. The molecule has 0 saturated carbocycles. The molecule has 0 aliphatic rings. The minimum atomic E-state index is -0.705. The van der Waals surface area contributed by atoms with Crippen LogP contribution in [0.15, 0.2) is 30.6 Å². The van der Waals surface area contributed by atoms with E-state index >= 15 is 0 Å². The molecule has 0 saturated heterocycles. The van der Waals surface area contributed by atoms with Crippen LogP contribution in [0.3, 0.4) is 0 Å². The third-order valence-electron chi connectivity index (χ3n) is 2.80. The fourth-order valence-electron chi connectivity index (χ4n) is 1.76. The molecule has 2 aromatic rings. The Balaban J connectivity index is 2.14. The smallest absolute Gasteiger partial charge is 0.158 e. The zero-order valence-electron chi connectivity index (χ0n) is 10.3. The van der Waals surface area contributed by atoms with E-state index in [9.17, 15) is 4.79 Å². The van der Waals surface area contributed by atoms with Gasteiger partial charge in [0.05, 0.1) is 12.2 Å². The SMILES string of the molecule is Cn1cc(C(N)C(=O)Cc2cc(Cl)ccc2Cl)cn1. The number of halogens is 2. The molecule has 2 N–H and O–H groups in total. The largest absolute Gasteiger partial charge is 0.318 e. The number of benzene rings is 1. The van der Waals surface area contributed by atoms with Crippen molar-refractivity contribution in [3.8, 4) is 0 Å². The summed E-state index contributed by atoms with van der Waals surface area (Å²) in [4.78, 5) is 12.1. The Morgan fingerprint density at radius 2 is 2.21 bits per heavy atom. The highest BCUT2D eigenvalue weighted by Crippen LogP contribution is 2.23. The van der Waals surface area contributed by atoms with Crippen LogP contribution in [0.2, 0.25) is 10.0 Å². The number of hydrogen-bond acceptors (Lipinski definition) is 3. The van der Waals surface area contributed by atoms with Gasteiger partial charge >= 0.3 is 0 Å². The van der Waals surface area contributed by atoms with Crippen LogP contribution in [-0.4, -0.2) is 15.6 Å². The van der Waals surface area contributed by atoms with Gasteiger partial charge < -0.3 is 5.73 Å². The highest BCUT2D eigenvalue weighted by molar-refractivity contribution is 6.33. The quantitative estimate of drug-likeness (QED) is 0.943. The zero-order valence-corrected chi connectivity index (χ0v) is 11.8. The highest BCUT2D eigenvalue weighted by atomic mass is 35.5. The van der Waals surface area contributed by atoms with Crippen LogP contribution in [0.5, 0.6) is 0 Å². The standard InChI is InChI=1S/C13H13Cl2N3O/c1-18-7-9(6-17-18)13(16)12(19)5-8-4-10(14)2-3-11(8)15/h2-4,6-7,13H,5,16H2,1H3. The number of Topliss-reactive ketones (excluding diaryl/α,β-unsaturated/α-hetero) is 1. The van der Waals surface area contributed by atoms with Gasteiger partial charge in [0, 0.05) is 35.3 Å². The predicted octanol–water partition coefficient (Wildman–Crippen LogP) is 2.54. The third kappa shape index (κ3) is 3.35. The lowest BCUT2D eigenvalue weighted by Crippen LogP contribution is -2.22. The van der Waals surface area contributed by atoms with Crippen LogP contribution in [0.4, 0.5) is 0 Å². The summed E-state index contributed by atoms with van der Waals surface area (Å²) in [6, 6.07) is 4.32. The molecule has 0 bridgehead atoms. The van der Waals surface area contributed by atoms with Gasteiger partial charge in [0.25, 0.3) is 0 Å². The van der Waals surface area contributed by atoms with Crippen molar-refractivity contribution < 1.29 is 4.79 Å². The number of nitrogens with zero attached hydrogens (tertiary/aromatic N) is 2. The number of carbonyl (C=O) groups is 1. The first-order chi connectivity index (χ1) is 8.97. The molecule has 0 fully saturated rings. The lowest BCUT2D eigenvalue weighted by molar-refractivity contribution is -0.119. The van der Waals surface area contributed by atoms with Gasteiger partial charge in [-0.15, -0.1) is 0 Å². The summed E-state index contributed by atoms with van der Waals surface area (Å²) in [5, 5.41) is 5.05. The van der Waals surface area contributed by atoms with E-state index in [1.165, 1.54) is 0 Å². The first-order valence-corrected chi connectivity index (χ1v) is 6.43. The molecular weight excluding hydrogens is 285 g/mol. The summed E-state index contributed by atoms with van der Waals surface area (Å²) in [5.74, 6) is -0.128. The minimum Gasteiger partial charge on any atom is -0.318 e. The van der Waals surface area contributed by atoms with Gasteiger partial charge in [-0.1, -0.05) is 23.2 Å². The Morgan fingerprint density at radius 1 is 1.47 bits per heavy atom. The van der Waals surface area contributed by atoms with Crippen molar-refractivity contribution in [2.75, 3.05) is 0 Å². The van der Waals surface area contributed by atoms with E-state index < -0.39 is 6.04 Å². The van der Waals surface area contributed by atoms with Crippen LogP contribution in [0.25, 0.3) is 0 Å². The lowest BCUT2D eigenvalue weighted by atomic mass is 10.0. The average molecular weight is 298 g/mol. The molecule has 0 aliphatic heterocycles. The third-order valence-corrected chi connectivity index (χ3v) is 3.41. The molecule has 1 aromatic carbocycles. The second kappa shape index (κ2) is 5.74. The van der Waals surface area contributed by atoms with Crippen LogP contribution >= 0.6 is 23.2 Å². The molecule has 0 amide bonds.